The Kier molecular flexibility index (Phi) is 10.1. The summed E-state index contributed by atoms with van der Waals surface area (Å²) in [5.41, 5.74) is 3.22. The highest BCUT2D eigenvalue weighted by Crippen LogP contribution is 2.42. The van der Waals surface area contributed by atoms with E-state index in [2.05, 4.69) is 58.4 Å². The third kappa shape index (κ3) is 7.26. The lowest BCUT2D eigenvalue weighted by Gasteiger charge is -2.33. The number of rotatable bonds is 11. The Balaban J connectivity index is 1.36. The van der Waals surface area contributed by atoms with E-state index >= 15 is 0 Å². The average Bonchev–Trinajstić information content (AvgIpc) is 3.41. The molecule has 3 aromatic carbocycles. The van der Waals surface area contributed by atoms with E-state index in [9.17, 15) is 19.7 Å². The van der Waals surface area contributed by atoms with Crippen molar-refractivity contribution >= 4 is 23.3 Å². The number of hydrogen-bond donors (Lipinski definition) is 0. The summed E-state index contributed by atoms with van der Waals surface area (Å²) in [6.45, 7) is 9.38. The maximum absolute atomic E-state index is 14.1. The molecular formula is C37H41N3O6. The number of nitro benzene ring substituents is 1. The van der Waals surface area contributed by atoms with E-state index in [0.717, 1.165) is 19.5 Å². The zero-order valence-electron chi connectivity index (χ0n) is 26.8. The van der Waals surface area contributed by atoms with Gasteiger partial charge in [0, 0.05) is 54.9 Å². The summed E-state index contributed by atoms with van der Waals surface area (Å²) in [6, 6.07) is 27.0. The normalized spacial score (nSPS) is 21.6. The molecule has 240 valence electrons. The maximum atomic E-state index is 14.1. The zero-order valence-corrected chi connectivity index (χ0v) is 26.8. The SMILES string of the molecule is CCOC(=O)C1C(C)=NC(C)=C(C(=O)O[C@@]2(C)CCN(CCC(c3ccccc3)c3ccccc3)C2)[C@H]1c1cccc([N+](=O)[O-])c1. The van der Waals surface area contributed by atoms with Crippen molar-refractivity contribution in [3.8, 4) is 0 Å². The molecule has 0 amide bonds. The van der Waals surface area contributed by atoms with Crippen LogP contribution in [-0.4, -0.2) is 59.3 Å². The monoisotopic (exact) mass is 623 g/mol. The van der Waals surface area contributed by atoms with Gasteiger partial charge < -0.3 is 9.47 Å². The van der Waals surface area contributed by atoms with Crippen LogP contribution in [0, 0.1) is 16.0 Å². The number of nitro groups is 1. The summed E-state index contributed by atoms with van der Waals surface area (Å²) >= 11 is 0. The molecule has 0 spiro atoms. The molecule has 1 fully saturated rings. The van der Waals surface area contributed by atoms with E-state index in [-0.39, 0.29) is 23.8 Å². The molecule has 2 heterocycles. The highest BCUT2D eigenvalue weighted by atomic mass is 16.6. The van der Waals surface area contributed by atoms with E-state index in [1.165, 1.54) is 23.3 Å². The second kappa shape index (κ2) is 14.2. The predicted octanol–water partition coefficient (Wildman–Crippen LogP) is 6.84. The summed E-state index contributed by atoms with van der Waals surface area (Å²) in [7, 11) is 0. The molecule has 3 atom stereocenters. The summed E-state index contributed by atoms with van der Waals surface area (Å²) in [6.07, 6.45) is 1.56. The lowest BCUT2D eigenvalue weighted by atomic mass is 9.75. The average molecular weight is 624 g/mol. The summed E-state index contributed by atoms with van der Waals surface area (Å²) in [4.78, 5) is 45.4. The van der Waals surface area contributed by atoms with E-state index in [0.29, 0.717) is 29.9 Å². The van der Waals surface area contributed by atoms with Gasteiger partial charge in [0.2, 0.25) is 0 Å². The Bertz CT molecular complexity index is 1600. The zero-order chi connectivity index (χ0) is 32.8. The largest absolute Gasteiger partial charge is 0.465 e. The number of allylic oxidation sites excluding steroid dienone is 1. The number of non-ortho nitro benzene ring substituents is 1. The highest BCUT2D eigenvalue weighted by Gasteiger charge is 2.45. The van der Waals surface area contributed by atoms with Crippen molar-refractivity contribution in [2.45, 2.75) is 58.0 Å². The number of carbonyl (C=O) groups is 2. The summed E-state index contributed by atoms with van der Waals surface area (Å²) in [5, 5.41) is 11.6. The van der Waals surface area contributed by atoms with Crippen molar-refractivity contribution < 1.29 is 24.0 Å². The van der Waals surface area contributed by atoms with Crippen molar-refractivity contribution in [2.24, 2.45) is 10.9 Å². The van der Waals surface area contributed by atoms with E-state index in [4.69, 9.17) is 9.47 Å². The molecule has 0 N–H and O–H groups in total. The molecule has 0 aliphatic carbocycles. The smallest absolute Gasteiger partial charge is 0.337 e. The van der Waals surface area contributed by atoms with Crippen LogP contribution in [0.4, 0.5) is 5.69 Å². The van der Waals surface area contributed by atoms with Gasteiger partial charge in [0.25, 0.3) is 5.69 Å². The number of benzene rings is 3. The van der Waals surface area contributed by atoms with E-state index in [1.807, 2.05) is 19.1 Å². The first-order valence-corrected chi connectivity index (χ1v) is 15.8. The fraction of sp³-hybridized carbons (Fsp3) is 0.378. The fourth-order valence-corrected chi connectivity index (χ4v) is 6.82. The van der Waals surface area contributed by atoms with Gasteiger partial charge in [-0.05, 0) is 57.4 Å². The lowest BCUT2D eigenvalue weighted by molar-refractivity contribution is -0.384. The van der Waals surface area contributed by atoms with Gasteiger partial charge in [-0.1, -0.05) is 72.8 Å². The van der Waals surface area contributed by atoms with Crippen LogP contribution >= 0.6 is 0 Å². The number of hydrogen-bond acceptors (Lipinski definition) is 8. The Morgan fingerprint density at radius 1 is 1.02 bits per heavy atom. The second-order valence-corrected chi connectivity index (χ2v) is 12.3. The lowest BCUT2D eigenvalue weighted by Crippen LogP contribution is -2.40. The standard InChI is InChI=1S/C37H41N3O6/c1-5-45-35(41)32-25(2)38-26(3)33(34(32)29-17-12-18-30(23-29)40(43)44)36(42)46-37(4)20-22-39(24-37)21-19-31(27-13-8-6-9-14-27)28-15-10-7-11-16-28/h6-18,23,31-32,34H,5,19-22,24H2,1-4H3/t32?,34-,37-/m0/s1. The predicted molar refractivity (Wildman–Crippen MR) is 177 cm³/mol. The Morgan fingerprint density at radius 3 is 2.28 bits per heavy atom. The van der Waals surface area contributed by atoms with Gasteiger partial charge in [-0.15, -0.1) is 0 Å². The van der Waals surface area contributed by atoms with Crippen molar-refractivity contribution in [3.05, 3.63) is 123 Å². The minimum Gasteiger partial charge on any atom is -0.465 e. The van der Waals surface area contributed by atoms with Crippen molar-refractivity contribution in [1.29, 1.82) is 0 Å². The van der Waals surface area contributed by atoms with E-state index < -0.39 is 34.3 Å². The van der Waals surface area contributed by atoms with E-state index in [1.54, 1.807) is 32.9 Å². The first kappa shape index (κ1) is 32.8. The first-order valence-electron chi connectivity index (χ1n) is 15.8. The molecule has 0 bridgehead atoms. The van der Waals surface area contributed by atoms with Crippen LogP contribution in [0.1, 0.15) is 69.1 Å². The summed E-state index contributed by atoms with van der Waals surface area (Å²) < 4.78 is 11.7. The number of likely N-dealkylation sites (tertiary alicyclic amines) is 1. The van der Waals surface area contributed by atoms with Crippen LogP contribution in [0.15, 0.2) is 101 Å². The molecule has 2 aliphatic rings. The van der Waals surface area contributed by atoms with Gasteiger partial charge in [0.15, 0.2) is 0 Å². The number of nitrogens with zero attached hydrogens (tertiary/aromatic N) is 3. The van der Waals surface area contributed by atoms with Gasteiger partial charge >= 0.3 is 11.9 Å². The second-order valence-electron chi connectivity index (χ2n) is 12.3. The molecule has 3 aromatic rings. The number of esters is 2. The van der Waals surface area contributed by atoms with Crippen molar-refractivity contribution in [3.63, 3.8) is 0 Å². The molecule has 0 saturated carbocycles. The van der Waals surface area contributed by atoms with Crippen LogP contribution in [0.3, 0.4) is 0 Å². The molecule has 5 rings (SSSR count). The molecule has 46 heavy (non-hydrogen) atoms. The molecule has 1 unspecified atom stereocenters. The van der Waals surface area contributed by atoms with Crippen LogP contribution in [0.2, 0.25) is 0 Å². The third-order valence-electron chi connectivity index (χ3n) is 9.02. The highest BCUT2D eigenvalue weighted by molar-refractivity contribution is 6.07. The fourth-order valence-electron chi connectivity index (χ4n) is 6.82. The maximum Gasteiger partial charge on any atom is 0.337 e. The van der Waals surface area contributed by atoms with Crippen LogP contribution in [0.25, 0.3) is 0 Å². The molecule has 9 heteroatoms. The van der Waals surface area contributed by atoms with Gasteiger partial charge in [-0.2, -0.15) is 0 Å². The number of aliphatic imine (C=N–C) groups is 1. The van der Waals surface area contributed by atoms with Gasteiger partial charge in [-0.3, -0.25) is 24.8 Å². The number of carbonyl (C=O) groups excluding carboxylic acids is 2. The van der Waals surface area contributed by atoms with Gasteiger partial charge in [-0.25, -0.2) is 4.79 Å². The van der Waals surface area contributed by atoms with Gasteiger partial charge in [0.05, 0.1) is 17.1 Å². The molecule has 1 saturated heterocycles. The minimum atomic E-state index is -0.922. The number of ether oxygens (including phenoxy) is 2. The summed E-state index contributed by atoms with van der Waals surface area (Å²) in [5.74, 6) is -2.64. The van der Waals surface area contributed by atoms with Crippen LogP contribution in [-0.2, 0) is 19.1 Å². The Hall–Kier alpha value is -4.63. The van der Waals surface area contributed by atoms with Crippen LogP contribution < -0.4 is 0 Å². The minimum absolute atomic E-state index is 0.131. The quantitative estimate of drug-likeness (QED) is 0.131. The molecule has 0 radical (unpaired) electrons. The molecular weight excluding hydrogens is 582 g/mol. The first-order chi connectivity index (χ1) is 22.1. The molecule has 9 nitrogen and oxygen atoms in total. The Morgan fingerprint density at radius 2 is 1.67 bits per heavy atom. The topological polar surface area (TPSA) is 111 Å². The molecule has 2 aliphatic heterocycles. The van der Waals surface area contributed by atoms with Crippen molar-refractivity contribution in [1.82, 2.24) is 4.90 Å². The van der Waals surface area contributed by atoms with Crippen LogP contribution in [0.5, 0.6) is 0 Å². The van der Waals surface area contributed by atoms with Gasteiger partial charge in [0.1, 0.15) is 11.5 Å². The molecule has 0 aromatic heterocycles. The Labute approximate surface area is 270 Å². The third-order valence-corrected chi connectivity index (χ3v) is 9.02. The van der Waals surface area contributed by atoms with Crippen molar-refractivity contribution in [2.75, 3.05) is 26.2 Å².